The smallest absolute Gasteiger partial charge is 0.444 e. The van der Waals surface area contributed by atoms with Crippen LogP contribution in [0.25, 0.3) is 0 Å². The van der Waals surface area contributed by atoms with Crippen LogP contribution in [0.15, 0.2) is 12.7 Å². The van der Waals surface area contributed by atoms with Gasteiger partial charge in [0.15, 0.2) is 0 Å². The summed E-state index contributed by atoms with van der Waals surface area (Å²) in [4.78, 5) is 11.6. The second kappa shape index (κ2) is 14.1. The molecule has 2 unspecified atom stereocenters. The Morgan fingerprint density at radius 2 is 1.93 bits per heavy atom. The Balaban J connectivity index is 4.27. The fraction of sp³-hybridized carbons (Fsp3) is 0.824. The van der Waals surface area contributed by atoms with Crippen LogP contribution in [0.3, 0.4) is 0 Å². The van der Waals surface area contributed by atoms with E-state index < -0.39 is 25.6 Å². The van der Waals surface area contributed by atoms with Crippen molar-refractivity contribution in [1.29, 1.82) is 0 Å². The van der Waals surface area contributed by atoms with Crippen LogP contribution < -0.4 is 11.1 Å². The first-order valence-corrected chi connectivity index (χ1v) is 10.5. The number of rotatable bonds is 15. The molecule has 10 heteroatoms. The number of hydrogen-bond acceptors (Lipinski definition) is 8. The summed E-state index contributed by atoms with van der Waals surface area (Å²) >= 11 is 0. The Bertz CT molecular complexity index is 469. The van der Waals surface area contributed by atoms with Crippen molar-refractivity contribution in [3.8, 4) is 0 Å². The van der Waals surface area contributed by atoms with Crippen molar-refractivity contribution >= 4 is 13.9 Å². The van der Waals surface area contributed by atoms with Gasteiger partial charge in [-0.25, -0.2) is 9.36 Å². The average Bonchev–Trinajstić information content (AvgIpc) is 2.58. The molecule has 2 atom stereocenters. The summed E-state index contributed by atoms with van der Waals surface area (Å²) in [6.45, 7) is 11.6. The van der Waals surface area contributed by atoms with Gasteiger partial charge in [-0.05, 0) is 27.2 Å². The molecule has 0 rings (SSSR count). The number of hydrogen-bond donors (Lipinski definition) is 2. The van der Waals surface area contributed by atoms with Crippen LogP contribution >= 0.6 is 7.82 Å². The van der Waals surface area contributed by atoms with Gasteiger partial charge in [-0.15, -0.1) is 6.58 Å². The Morgan fingerprint density at radius 1 is 1.22 bits per heavy atom. The van der Waals surface area contributed by atoms with E-state index in [0.29, 0.717) is 6.61 Å². The largest absolute Gasteiger partial charge is 0.475 e. The molecule has 1 amide bonds. The van der Waals surface area contributed by atoms with Crippen LogP contribution in [0, 0.1) is 0 Å². The first kappa shape index (κ1) is 26.0. The number of alkyl carbamates (subject to hydrolysis) is 1. The zero-order chi connectivity index (χ0) is 20.8. The summed E-state index contributed by atoms with van der Waals surface area (Å²) in [5, 5.41) is 2.49. The van der Waals surface area contributed by atoms with E-state index in [2.05, 4.69) is 18.8 Å². The second-order valence-electron chi connectivity index (χ2n) is 6.78. The van der Waals surface area contributed by atoms with Gasteiger partial charge in [0.05, 0.1) is 32.5 Å². The summed E-state index contributed by atoms with van der Waals surface area (Å²) in [5.74, 6) is 0. The number of nitrogens with two attached hydrogens (primary N) is 1. The lowest BCUT2D eigenvalue weighted by Crippen LogP contribution is -2.34. The molecule has 0 heterocycles. The highest BCUT2D eigenvalue weighted by Crippen LogP contribution is 2.49. The highest BCUT2D eigenvalue weighted by Gasteiger charge is 2.27. The number of carbonyl (C=O) groups excluding carboxylic acids is 1. The molecule has 0 aliphatic heterocycles. The molecule has 0 aromatic heterocycles. The number of nitrogens with one attached hydrogen (secondary N) is 1. The molecule has 27 heavy (non-hydrogen) atoms. The maximum atomic E-state index is 12.6. The van der Waals surface area contributed by atoms with Crippen molar-refractivity contribution in [3.05, 3.63) is 12.7 Å². The van der Waals surface area contributed by atoms with Gasteiger partial charge in [0.25, 0.3) is 0 Å². The van der Waals surface area contributed by atoms with Gasteiger partial charge in [0.1, 0.15) is 5.60 Å². The number of unbranched alkanes of at least 4 members (excludes halogenated alkanes) is 1. The molecule has 9 nitrogen and oxygen atoms in total. The normalized spacial score (nSPS) is 15.0. The van der Waals surface area contributed by atoms with Crippen LogP contribution in [-0.4, -0.2) is 57.3 Å². The van der Waals surface area contributed by atoms with Crippen LogP contribution in [0.5, 0.6) is 0 Å². The molecule has 0 aliphatic carbocycles. The Kier molecular flexibility index (Phi) is 13.6. The van der Waals surface area contributed by atoms with E-state index in [4.69, 9.17) is 28.8 Å². The predicted octanol–water partition coefficient (Wildman–Crippen LogP) is 3.00. The molecule has 0 saturated carbocycles. The van der Waals surface area contributed by atoms with Gasteiger partial charge in [0.2, 0.25) is 0 Å². The van der Waals surface area contributed by atoms with Crippen LogP contribution in [0.1, 0.15) is 40.5 Å². The van der Waals surface area contributed by atoms with Crippen LogP contribution in [0.4, 0.5) is 4.79 Å². The van der Waals surface area contributed by atoms with Crippen molar-refractivity contribution in [1.82, 2.24) is 5.32 Å². The van der Waals surface area contributed by atoms with E-state index in [1.165, 1.54) is 6.08 Å². The minimum absolute atomic E-state index is 0.0149. The van der Waals surface area contributed by atoms with E-state index in [0.717, 1.165) is 12.8 Å². The molecule has 3 N–H and O–H groups in total. The SMILES string of the molecule is C=CCOP(=O)(OCCNC(=O)OC(C)(C)C)OCC(N)COCCCC. The van der Waals surface area contributed by atoms with Crippen molar-refractivity contribution in [2.24, 2.45) is 5.73 Å². The van der Waals surface area contributed by atoms with Gasteiger partial charge < -0.3 is 20.5 Å². The number of phosphoric acid groups is 1. The molecule has 0 fully saturated rings. The highest BCUT2D eigenvalue weighted by molar-refractivity contribution is 7.48. The van der Waals surface area contributed by atoms with E-state index in [1.807, 2.05) is 0 Å². The Labute approximate surface area is 162 Å². The summed E-state index contributed by atoms with van der Waals surface area (Å²) < 4.78 is 38.6. The van der Waals surface area contributed by atoms with Crippen molar-refractivity contribution < 1.29 is 32.4 Å². The second-order valence-corrected chi connectivity index (χ2v) is 8.45. The van der Waals surface area contributed by atoms with Gasteiger partial charge >= 0.3 is 13.9 Å². The zero-order valence-corrected chi connectivity index (χ0v) is 17.8. The standard InChI is InChI=1S/C17H35N2O7P/c1-6-8-11-22-13-15(18)14-25-27(21,23-10-7-2)24-12-9-19-16(20)26-17(3,4)5/h7,15H,2,6,8-14,18H2,1,3-5H3,(H,19,20). The lowest BCUT2D eigenvalue weighted by Gasteiger charge is -2.21. The lowest BCUT2D eigenvalue weighted by molar-refractivity contribution is 0.0504. The van der Waals surface area contributed by atoms with E-state index in [1.54, 1.807) is 20.8 Å². The van der Waals surface area contributed by atoms with Crippen molar-refractivity contribution in [2.45, 2.75) is 52.2 Å². The fourth-order valence-corrected chi connectivity index (χ4v) is 2.80. The van der Waals surface area contributed by atoms with Crippen molar-refractivity contribution in [2.75, 3.05) is 39.6 Å². The summed E-state index contributed by atoms with van der Waals surface area (Å²) in [7, 11) is -3.83. The number of carbonyl (C=O) groups is 1. The third kappa shape index (κ3) is 15.8. The summed E-state index contributed by atoms with van der Waals surface area (Å²) in [6, 6.07) is -0.467. The van der Waals surface area contributed by atoms with Gasteiger partial charge in [-0.2, -0.15) is 0 Å². The monoisotopic (exact) mass is 410 g/mol. The number of ether oxygens (including phenoxy) is 2. The van der Waals surface area contributed by atoms with Gasteiger partial charge in [-0.3, -0.25) is 13.6 Å². The average molecular weight is 410 g/mol. The molecule has 0 radical (unpaired) electrons. The minimum atomic E-state index is -3.83. The maximum Gasteiger partial charge on any atom is 0.475 e. The Morgan fingerprint density at radius 3 is 2.52 bits per heavy atom. The van der Waals surface area contributed by atoms with Gasteiger partial charge in [-0.1, -0.05) is 19.4 Å². The fourth-order valence-electron chi connectivity index (χ4n) is 1.60. The van der Waals surface area contributed by atoms with Crippen LogP contribution in [0.2, 0.25) is 0 Å². The molecular weight excluding hydrogens is 375 g/mol. The predicted molar refractivity (Wildman–Crippen MR) is 104 cm³/mol. The molecule has 0 bridgehead atoms. The maximum absolute atomic E-state index is 12.6. The number of phosphoric ester groups is 1. The number of amides is 1. The van der Waals surface area contributed by atoms with E-state index >= 15 is 0 Å². The van der Waals surface area contributed by atoms with Crippen molar-refractivity contribution in [3.63, 3.8) is 0 Å². The first-order chi connectivity index (χ1) is 12.6. The van der Waals surface area contributed by atoms with E-state index in [-0.39, 0.29) is 33.0 Å². The molecule has 0 spiro atoms. The molecule has 0 aliphatic rings. The lowest BCUT2D eigenvalue weighted by atomic mass is 10.2. The topological polar surface area (TPSA) is 118 Å². The molecule has 0 aromatic carbocycles. The van der Waals surface area contributed by atoms with E-state index in [9.17, 15) is 9.36 Å². The highest BCUT2D eigenvalue weighted by atomic mass is 31.2. The molecule has 0 aromatic rings. The molecular formula is C17H35N2O7P. The minimum Gasteiger partial charge on any atom is -0.444 e. The zero-order valence-electron chi connectivity index (χ0n) is 16.9. The van der Waals surface area contributed by atoms with Gasteiger partial charge in [0, 0.05) is 13.2 Å². The first-order valence-electron chi connectivity index (χ1n) is 9.06. The summed E-state index contributed by atoms with van der Waals surface area (Å²) in [5.41, 5.74) is 5.26. The third-order valence-corrected chi connectivity index (χ3v) is 4.22. The quantitative estimate of drug-likeness (QED) is 0.240. The molecule has 0 saturated heterocycles. The summed E-state index contributed by atoms with van der Waals surface area (Å²) in [6.07, 6.45) is 2.80. The van der Waals surface area contributed by atoms with Crippen LogP contribution in [-0.2, 0) is 27.6 Å². The molecule has 160 valence electrons. The Hall–Kier alpha value is -0.960. The third-order valence-electron chi connectivity index (χ3n) is 2.79.